The van der Waals surface area contributed by atoms with Crippen LogP contribution in [0.1, 0.15) is 72.6 Å². The van der Waals surface area contributed by atoms with Gasteiger partial charge < -0.3 is 31.3 Å². The minimum Gasteiger partial charge on any atom is -0.441 e. The number of carbonyl (C=O) groups excluding carboxylic acids is 3. The van der Waals surface area contributed by atoms with Gasteiger partial charge in [0.1, 0.15) is 0 Å². The summed E-state index contributed by atoms with van der Waals surface area (Å²) in [6.07, 6.45) is 5.88. The molecule has 0 aliphatic rings. The Morgan fingerprint density at radius 3 is 1.27 bits per heavy atom. The van der Waals surface area contributed by atoms with Crippen LogP contribution in [-0.2, 0) is 4.74 Å². The summed E-state index contributed by atoms with van der Waals surface area (Å²) in [5.41, 5.74) is 2.43. The lowest BCUT2D eigenvalue weighted by Gasteiger charge is -2.20. The summed E-state index contributed by atoms with van der Waals surface area (Å²) in [5, 5.41) is 15.3. The molecule has 1 heterocycles. The number of amides is 2. The fourth-order valence-electron chi connectivity index (χ4n) is 4.19. The molecule has 12 heteroatoms. The maximum atomic E-state index is 12.6. The third-order valence-corrected chi connectivity index (χ3v) is 6.41. The summed E-state index contributed by atoms with van der Waals surface area (Å²) in [5.74, 6) is 1.98. The summed E-state index contributed by atoms with van der Waals surface area (Å²) >= 11 is 0. The smallest absolute Gasteiger partial charge is 0.339 e. The Hall–Kier alpha value is -6.22. The molecule has 0 spiro atoms. The maximum Gasteiger partial charge on any atom is 0.339 e. The predicted octanol–water partition coefficient (Wildman–Crippen LogP) is 6.50. The van der Waals surface area contributed by atoms with E-state index in [1.54, 1.807) is 72.8 Å². The topological polar surface area (TPSA) is 159 Å². The first-order valence-corrected chi connectivity index (χ1v) is 15.4. The number of ether oxygens (including phenoxy) is 1. The quantitative estimate of drug-likeness (QED) is 0.0683. The van der Waals surface area contributed by atoms with Crippen LogP contribution < -0.4 is 26.6 Å². The van der Waals surface area contributed by atoms with Crippen LogP contribution in [0.4, 0.5) is 34.9 Å². The highest BCUT2D eigenvalue weighted by atomic mass is 16.5. The summed E-state index contributed by atoms with van der Waals surface area (Å²) in [7, 11) is 0. The molecule has 49 heavy (non-hydrogen) atoms. The van der Waals surface area contributed by atoms with Gasteiger partial charge in [-0.1, -0.05) is 12.5 Å². The Bertz CT molecular complexity index is 1760. The van der Waals surface area contributed by atoms with Gasteiger partial charge in [-0.25, -0.2) is 4.79 Å². The summed E-state index contributed by atoms with van der Waals surface area (Å²) in [6, 6.07) is 20.3. The highest BCUT2D eigenvalue weighted by molar-refractivity contribution is 5.95. The second-order valence-corrected chi connectivity index (χ2v) is 13.0. The lowest BCUT2D eigenvalue weighted by Crippen LogP contribution is -2.40. The molecule has 1 aromatic heterocycles. The van der Waals surface area contributed by atoms with Crippen molar-refractivity contribution < 1.29 is 19.1 Å². The second-order valence-electron chi connectivity index (χ2n) is 13.0. The van der Waals surface area contributed by atoms with E-state index in [0.717, 1.165) is 0 Å². The van der Waals surface area contributed by atoms with E-state index in [9.17, 15) is 14.4 Å². The zero-order chi connectivity index (χ0) is 35.8. The number of rotatable bonds is 11. The Balaban J connectivity index is 1.57. The van der Waals surface area contributed by atoms with Crippen LogP contribution in [0.15, 0.2) is 85.5 Å². The van der Waals surface area contributed by atoms with Crippen molar-refractivity contribution >= 4 is 52.7 Å². The molecule has 0 radical (unpaired) electrons. The van der Waals surface area contributed by atoms with E-state index in [1.807, 2.05) is 41.5 Å². The molecule has 2 amide bonds. The normalized spacial score (nSPS) is 11.7. The predicted molar refractivity (Wildman–Crippen MR) is 192 cm³/mol. The average molecular weight is 661 g/mol. The Morgan fingerprint density at radius 1 is 0.653 bits per heavy atom. The number of anilines is 6. The van der Waals surface area contributed by atoms with Crippen molar-refractivity contribution in [3.05, 3.63) is 102 Å². The van der Waals surface area contributed by atoms with Crippen molar-refractivity contribution in [3.63, 3.8) is 0 Å². The van der Waals surface area contributed by atoms with Gasteiger partial charge >= 0.3 is 5.97 Å². The van der Waals surface area contributed by atoms with Crippen molar-refractivity contribution in [2.45, 2.75) is 58.7 Å². The molecule has 1 unspecified atom stereocenters. The summed E-state index contributed by atoms with van der Waals surface area (Å²) in [6.45, 7) is 15.1. The van der Waals surface area contributed by atoms with Gasteiger partial charge in [0.15, 0.2) is 6.10 Å². The summed E-state index contributed by atoms with van der Waals surface area (Å²) < 4.78 is 5.21. The van der Waals surface area contributed by atoms with Crippen LogP contribution in [0, 0.1) is 12.3 Å². The van der Waals surface area contributed by atoms with E-state index in [-0.39, 0.29) is 40.7 Å². The van der Waals surface area contributed by atoms with E-state index >= 15 is 0 Å². The first-order chi connectivity index (χ1) is 23.1. The number of hydrogen-bond donors (Lipinski definition) is 5. The fourth-order valence-corrected chi connectivity index (χ4v) is 4.19. The monoisotopic (exact) mass is 660 g/mol. The van der Waals surface area contributed by atoms with Crippen LogP contribution in [0.5, 0.6) is 0 Å². The molecule has 252 valence electrons. The lowest BCUT2D eigenvalue weighted by atomic mass is 10.1. The SMILES string of the molecule is C#CC(C=C)OC(=O)c1ccc(Nc2nc(Nc3ccc(C(=O)NC(C)(C)C)cc3)nc(Nc3ccc(C(=O)NC(C)(C)C)cc3)n2)cc1. The van der Waals surface area contributed by atoms with Crippen LogP contribution in [0.25, 0.3) is 0 Å². The van der Waals surface area contributed by atoms with Crippen LogP contribution in [0.2, 0.25) is 0 Å². The standard InChI is InChI=1S/C37H40N8O4/c1-9-29(10-2)49-32(48)25-15-21-28(22-16-25)40-35-42-33(38-26-17-11-23(12-18-26)30(46)44-36(3,4)5)41-34(43-35)39-27-19-13-24(14-20-27)31(47)45-37(6,7)8/h1,10-22,29H,2H2,3-8H3,(H,44,46)(H,45,47)(H3,38,39,40,41,42,43). The number of terminal acetylenes is 1. The lowest BCUT2D eigenvalue weighted by molar-refractivity contribution is 0.0475. The molecule has 4 rings (SSSR count). The molecule has 12 nitrogen and oxygen atoms in total. The third-order valence-electron chi connectivity index (χ3n) is 6.41. The fraction of sp³-hybridized carbons (Fsp3) is 0.243. The average Bonchev–Trinajstić information content (AvgIpc) is 3.03. The molecule has 4 aromatic rings. The third kappa shape index (κ3) is 10.9. The van der Waals surface area contributed by atoms with Crippen molar-refractivity contribution in [2.75, 3.05) is 16.0 Å². The molecular formula is C37H40N8O4. The van der Waals surface area contributed by atoms with Gasteiger partial charge in [0.2, 0.25) is 17.8 Å². The molecule has 1 atom stereocenters. The zero-order valence-corrected chi connectivity index (χ0v) is 28.3. The van der Waals surface area contributed by atoms with Gasteiger partial charge in [-0.3, -0.25) is 9.59 Å². The molecule has 0 fully saturated rings. The van der Waals surface area contributed by atoms with Gasteiger partial charge in [-0.2, -0.15) is 15.0 Å². The largest absolute Gasteiger partial charge is 0.441 e. The molecule has 0 bridgehead atoms. The van der Waals surface area contributed by atoms with E-state index in [2.05, 4.69) is 54.0 Å². The first-order valence-electron chi connectivity index (χ1n) is 15.4. The van der Waals surface area contributed by atoms with Crippen molar-refractivity contribution in [3.8, 4) is 12.3 Å². The van der Waals surface area contributed by atoms with Crippen molar-refractivity contribution in [1.29, 1.82) is 0 Å². The number of aromatic nitrogens is 3. The van der Waals surface area contributed by atoms with Crippen molar-refractivity contribution in [2.24, 2.45) is 0 Å². The molecule has 0 aliphatic heterocycles. The van der Waals surface area contributed by atoms with Gasteiger partial charge in [0.05, 0.1) is 5.56 Å². The number of benzene rings is 3. The van der Waals surface area contributed by atoms with E-state index in [0.29, 0.717) is 33.8 Å². The molecule has 3 aromatic carbocycles. The van der Waals surface area contributed by atoms with E-state index in [1.165, 1.54) is 6.08 Å². The highest BCUT2D eigenvalue weighted by Crippen LogP contribution is 2.22. The van der Waals surface area contributed by atoms with Crippen LogP contribution >= 0.6 is 0 Å². The highest BCUT2D eigenvalue weighted by Gasteiger charge is 2.17. The molecular weight excluding hydrogens is 620 g/mol. The minimum atomic E-state index is -0.832. The van der Waals surface area contributed by atoms with Crippen LogP contribution in [0.3, 0.4) is 0 Å². The van der Waals surface area contributed by atoms with E-state index in [4.69, 9.17) is 11.2 Å². The minimum absolute atomic E-state index is 0.185. The number of esters is 1. The van der Waals surface area contributed by atoms with Gasteiger partial charge in [-0.05, 0) is 120 Å². The van der Waals surface area contributed by atoms with Crippen molar-refractivity contribution in [1.82, 2.24) is 25.6 Å². The van der Waals surface area contributed by atoms with Gasteiger partial charge in [0.25, 0.3) is 11.8 Å². The number of carbonyl (C=O) groups is 3. The molecule has 0 aliphatic carbocycles. The Kier molecular flexibility index (Phi) is 11.0. The number of nitrogens with one attached hydrogen (secondary N) is 5. The van der Waals surface area contributed by atoms with Gasteiger partial charge in [-0.15, -0.1) is 6.42 Å². The van der Waals surface area contributed by atoms with E-state index < -0.39 is 12.1 Å². The summed E-state index contributed by atoms with van der Waals surface area (Å²) in [4.78, 5) is 51.2. The maximum absolute atomic E-state index is 12.6. The molecule has 5 N–H and O–H groups in total. The zero-order valence-electron chi connectivity index (χ0n) is 28.3. The molecule has 0 saturated carbocycles. The molecule has 0 saturated heterocycles. The number of hydrogen-bond acceptors (Lipinski definition) is 10. The Labute approximate surface area is 286 Å². The first kappa shape index (κ1) is 35.6. The number of nitrogens with zero attached hydrogens (tertiary/aromatic N) is 3. The second kappa shape index (κ2) is 15.1. The van der Waals surface area contributed by atoms with Crippen LogP contribution in [-0.4, -0.2) is 49.9 Å². The Morgan fingerprint density at radius 2 is 0.980 bits per heavy atom. The van der Waals surface area contributed by atoms with Gasteiger partial charge in [0, 0.05) is 39.3 Å².